The zero-order chi connectivity index (χ0) is 14.3. The van der Waals surface area contributed by atoms with Gasteiger partial charge in [-0.25, -0.2) is 0 Å². The van der Waals surface area contributed by atoms with Gasteiger partial charge in [-0.15, -0.1) is 0 Å². The van der Waals surface area contributed by atoms with Crippen molar-refractivity contribution in [3.8, 4) is 6.07 Å². The summed E-state index contributed by atoms with van der Waals surface area (Å²) in [6.45, 7) is 0. The minimum atomic E-state index is -0.819. The zero-order valence-corrected chi connectivity index (χ0v) is 10.8. The van der Waals surface area contributed by atoms with Gasteiger partial charge in [0.15, 0.2) is 0 Å². The van der Waals surface area contributed by atoms with Crippen LogP contribution in [0.3, 0.4) is 0 Å². The summed E-state index contributed by atoms with van der Waals surface area (Å²) in [5.41, 5.74) is 0.907. The van der Waals surface area contributed by atoms with E-state index in [4.69, 9.17) is 5.26 Å². The van der Waals surface area contributed by atoms with Gasteiger partial charge in [0.25, 0.3) is 5.91 Å². The fraction of sp³-hybridized carbons (Fsp3) is 0.400. The van der Waals surface area contributed by atoms with Gasteiger partial charge in [-0.3, -0.25) is 9.59 Å². The van der Waals surface area contributed by atoms with Gasteiger partial charge in [0.1, 0.15) is 0 Å². The highest BCUT2D eigenvalue weighted by molar-refractivity contribution is 5.96. The van der Waals surface area contributed by atoms with E-state index >= 15 is 0 Å². The third-order valence-electron chi connectivity index (χ3n) is 4.33. The maximum absolute atomic E-state index is 12.6. The second kappa shape index (κ2) is 4.64. The van der Waals surface area contributed by atoms with Gasteiger partial charge >= 0.3 is 5.97 Å². The molecule has 1 aromatic rings. The van der Waals surface area contributed by atoms with E-state index in [1.807, 2.05) is 6.07 Å². The number of hydrogen-bond acceptors (Lipinski definition) is 3. The molecule has 102 valence electrons. The molecule has 1 aromatic carbocycles. The molecule has 2 aliphatic heterocycles. The number of hydrogen-bond donors (Lipinski definition) is 1. The van der Waals surface area contributed by atoms with Crippen molar-refractivity contribution < 1.29 is 14.7 Å². The molecule has 2 saturated heterocycles. The highest BCUT2D eigenvalue weighted by Gasteiger charge is 2.51. The van der Waals surface area contributed by atoms with Crippen LogP contribution in [0, 0.1) is 17.2 Å². The fourth-order valence-corrected chi connectivity index (χ4v) is 3.44. The second-order valence-corrected chi connectivity index (χ2v) is 5.38. The number of benzene rings is 1. The third kappa shape index (κ3) is 1.85. The van der Waals surface area contributed by atoms with E-state index in [1.54, 1.807) is 29.2 Å². The number of carboxylic acid groups (broad SMARTS) is 1. The minimum absolute atomic E-state index is 0.0272. The summed E-state index contributed by atoms with van der Waals surface area (Å²) in [7, 11) is 0. The zero-order valence-electron chi connectivity index (χ0n) is 10.8. The molecule has 2 bridgehead atoms. The molecule has 1 N–H and O–H groups in total. The Labute approximate surface area is 116 Å². The molecule has 0 radical (unpaired) electrons. The fourth-order valence-electron chi connectivity index (χ4n) is 3.44. The lowest BCUT2D eigenvalue weighted by Crippen LogP contribution is -2.37. The normalized spacial score (nSPS) is 27.4. The largest absolute Gasteiger partial charge is 0.481 e. The molecule has 2 aliphatic rings. The SMILES string of the molecule is N#Cc1cccc(C(=O)N2C3CCC2C(C(=O)O)C3)c1. The van der Waals surface area contributed by atoms with Crippen LogP contribution in [-0.4, -0.2) is 34.0 Å². The number of nitriles is 1. The van der Waals surface area contributed by atoms with Crippen molar-refractivity contribution in [2.75, 3.05) is 0 Å². The van der Waals surface area contributed by atoms with Gasteiger partial charge in [0.2, 0.25) is 0 Å². The van der Waals surface area contributed by atoms with E-state index in [0.717, 1.165) is 12.8 Å². The van der Waals surface area contributed by atoms with E-state index in [1.165, 1.54) is 0 Å². The second-order valence-electron chi connectivity index (χ2n) is 5.38. The summed E-state index contributed by atoms with van der Waals surface area (Å²) >= 11 is 0. The predicted octanol–water partition coefficient (Wildman–Crippen LogP) is 1.64. The molecular weight excluding hydrogens is 256 g/mol. The maximum atomic E-state index is 12.6. The van der Waals surface area contributed by atoms with Gasteiger partial charge in [-0.05, 0) is 37.5 Å². The third-order valence-corrected chi connectivity index (χ3v) is 4.33. The molecule has 3 atom stereocenters. The standard InChI is InChI=1S/C15H14N2O3/c16-8-9-2-1-3-10(6-9)14(18)17-11-4-5-13(17)12(7-11)15(19)20/h1-3,6,11-13H,4-5,7H2,(H,19,20). The molecular formula is C15H14N2O3. The first-order valence-electron chi connectivity index (χ1n) is 6.67. The Morgan fingerprint density at radius 1 is 1.35 bits per heavy atom. The quantitative estimate of drug-likeness (QED) is 0.885. The summed E-state index contributed by atoms with van der Waals surface area (Å²) in [6.07, 6.45) is 2.17. The number of carbonyl (C=O) groups excluding carboxylic acids is 1. The van der Waals surface area contributed by atoms with Crippen LogP contribution in [0.4, 0.5) is 0 Å². The van der Waals surface area contributed by atoms with Crippen LogP contribution in [0.15, 0.2) is 24.3 Å². The average molecular weight is 270 g/mol. The number of amides is 1. The maximum Gasteiger partial charge on any atom is 0.308 e. The topological polar surface area (TPSA) is 81.4 Å². The van der Waals surface area contributed by atoms with Gasteiger partial charge in [-0.1, -0.05) is 6.07 Å². The van der Waals surface area contributed by atoms with Crippen LogP contribution < -0.4 is 0 Å². The van der Waals surface area contributed by atoms with E-state index < -0.39 is 11.9 Å². The lowest BCUT2D eigenvalue weighted by atomic mass is 9.89. The Hall–Kier alpha value is -2.35. The van der Waals surface area contributed by atoms with Crippen molar-refractivity contribution in [3.63, 3.8) is 0 Å². The van der Waals surface area contributed by atoms with E-state index in [-0.39, 0.29) is 18.0 Å². The number of carboxylic acids is 1. The van der Waals surface area contributed by atoms with Crippen molar-refractivity contribution >= 4 is 11.9 Å². The van der Waals surface area contributed by atoms with Crippen LogP contribution in [-0.2, 0) is 4.79 Å². The van der Waals surface area contributed by atoms with E-state index in [0.29, 0.717) is 17.5 Å². The molecule has 5 nitrogen and oxygen atoms in total. The summed E-state index contributed by atoms with van der Waals surface area (Å²) in [5.74, 6) is -1.42. The summed E-state index contributed by atoms with van der Waals surface area (Å²) in [6, 6.07) is 8.41. The highest BCUT2D eigenvalue weighted by Crippen LogP contribution is 2.42. The van der Waals surface area contributed by atoms with Crippen LogP contribution in [0.25, 0.3) is 0 Å². The highest BCUT2D eigenvalue weighted by atomic mass is 16.4. The number of aliphatic carboxylic acids is 1. The minimum Gasteiger partial charge on any atom is -0.481 e. The molecule has 2 fully saturated rings. The van der Waals surface area contributed by atoms with Crippen molar-refractivity contribution in [3.05, 3.63) is 35.4 Å². The molecule has 0 aliphatic carbocycles. The van der Waals surface area contributed by atoms with Crippen molar-refractivity contribution in [1.29, 1.82) is 5.26 Å². The monoisotopic (exact) mass is 270 g/mol. The molecule has 20 heavy (non-hydrogen) atoms. The van der Waals surface area contributed by atoms with Gasteiger partial charge < -0.3 is 10.0 Å². The Balaban J connectivity index is 1.88. The van der Waals surface area contributed by atoms with Crippen LogP contribution in [0.2, 0.25) is 0 Å². The first-order chi connectivity index (χ1) is 9.61. The molecule has 5 heteroatoms. The van der Waals surface area contributed by atoms with E-state index in [9.17, 15) is 14.7 Å². The van der Waals surface area contributed by atoms with Crippen molar-refractivity contribution in [2.24, 2.45) is 5.92 Å². The Morgan fingerprint density at radius 3 is 2.80 bits per heavy atom. The molecule has 2 heterocycles. The van der Waals surface area contributed by atoms with Crippen molar-refractivity contribution in [1.82, 2.24) is 4.90 Å². The number of rotatable bonds is 2. The number of fused-ring (bicyclic) bond motifs is 2. The van der Waals surface area contributed by atoms with Crippen LogP contribution >= 0.6 is 0 Å². The van der Waals surface area contributed by atoms with Crippen molar-refractivity contribution in [2.45, 2.75) is 31.3 Å². The average Bonchev–Trinajstić information content (AvgIpc) is 3.04. The Morgan fingerprint density at radius 2 is 2.15 bits per heavy atom. The Kier molecular flexibility index (Phi) is 2.94. The van der Waals surface area contributed by atoms with Crippen LogP contribution in [0.1, 0.15) is 35.2 Å². The summed E-state index contributed by atoms with van der Waals surface area (Å²) < 4.78 is 0. The lowest BCUT2D eigenvalue weighted by Gasteiger charge is -2.23. The molecule has 1 amide bonds. The Bertz CT molecular complexity index is 620. The number of nitrogens with zero attached hydrogens (tertiary/aromatic N) is 2. The molecule has 0 saturated carbocycles. The van der Waals surface area contributed by atoms with E-state index in [2.05, 4.69) is 0 Å². The summed E-state index contributed by atoms with van der Waals surface area (Å²) in [5, 5.41) is 18.1. The molecule has 0 aromatic heterocycles. The predicted molar refractivity (Wildman–Crippen MR) is 69.9 cm³/mol. The smallest absolute Gasteiger partial charge is 0.308 e. The first kappa shape index (κ1) is 12.7. The van der Waals surface area contributed by atoms with Gasteiger partial charge in [-0.2, -0.15) is 5.26 Å². The molecule has 3 unspecified atom stereocenters. The van der Waals surface area contributed by atoms with Gasteiger partial charge in [0, 0.05) is 17.6 Å². The number of carbonyl (C=O) groups is 2. The van der Waals surface area contributed by atoms with Crippen LogP contribution in [0.5, 0.6) is 0 Å². The molecule has 3 rings (SSSR count). The van der Waals surface area contributed by atoms with Gasteiger partial charge in [0.05, 0.1) is 17.6 Å². The molecule has 0 spiro atoms. The first-order valence-corrected chi connectivity index (χ1v) is 6.67. The summed E-state index contributed by atoms with van der Waals surface area (Å²) in [4.78, 5) is 25.5. The lowest BCUT2D eigenvalue weighted by molar-refractivity contribution is -0.142.